The highest BCUT2D eigenvalue weighted by Gasteiger charge is 2.08. The largest absolute Gasteiger partial charge is 0.383 e. The molecule has 0 fully saturated rings. The highest BCUT2D eigenvalue weighted by molar-refractivity contribution is 5.34. The van der Waals surface area contributed by atoms with Crippen molar-refractivity contribution in [3.8, 4) is 0 Å². The molecule has 0 unspecified atom stereocenters. The topological polar surface area (TPSA) is 37.4 Å². The van der Waals surface area contributed by atoms with E-state index in [1.54, 1.807) is 7.11 Å². The van der Waals surface area contributed by atoms with E-state index < -0.39 is 0 Å². The van der Waals surface area contributed by atoms with Crippen molar-refractivity contribution >= 4 is 5.82 Å². The molecule has 1 N–H and O–H groups in total. The number of rotatable bonds is 8. The monoisotopic (exact) mass is 251 g/mol. The molecular weight excluding hydrogens is 226 g/mol. The molecule has 0 atom stereocenters. The Bertz CT molecular complexity index is 324. The molecule has 0 aliphatic carbocycles. The van der Waals surface area contributed by atoms with Crippen molar-refractivity contribution in [1.29, 1.82) is 0 Å². The molecule has 0 aromatic carbocycles. The van der Waals surface area contributed by atoms with Crippen molar-refractivity contribution in [2.75, 3.05) is 39.2 Å². The van der Waals surface area contributed by atoms with Crippen LogP contribution in [-0.2, 0) is 11.3 Å². The second-order valence-electron chi connectivity index (χ2n) is 4.92. The van der Waals surface area contributed by atoms with Crippen LogP contribution in [0.1, 0.15) is 19.4 Å². The first-order valence-electron chi connectivity index (χ1n) is 6.49. The Morgan fingerprint density at radius 1 is 1.39 bits per heavy atom. The van der Waals surface area contributed by atoms with E-state index in [0.29, 0.717) is 5.92 Å². The van der Waals surface area contributed by atoms with Crippen LogP contribution >= 0.6 is 0 Å². The van der Waals surface area contributed by atoms with Crippen LogP contribution in [0, 0.1) is 5.92 Å². The summed E-state index contributed by atoms with van der Waals surface area (Å²) >= 11 is 0. The molecule has 0 amide bonds. The van der Waals surface area contributed by atoms with Crippen LogP contribution in [0.5, 0.6) is 0 Å². The second-order valence-corrected chi connectivity index (χ2v) is 4.92. The maximum absolute atomic E-state index is 5.16. The maximum atomic E-state index is 5.16. The summed E-state index contributed by atoms with van der Waals surface area (Å²) in [5.41, 5.74) is 1.24. The van der Waals surface area contributed by atoms with E-state index in [2.05, 4.69) is 35.1 Å². The number of hydrogen-bond donors (Lipinski definition) is 1. The van der Waals surface area contributed by atoms with Crippen molar-refractivity contribution in [3.05, 3.63) is 23.9 Å². The van der Waals surface area contributed by atoms with Gasteiger partial charge in [0.05, 0.1) is 6.61 Å². The number of anilines is 1. The van der Waals surface area contributed by atoms with Gasteiger partial charge in [0.2, 0.25) is 0 Å². The summed E-state index contributed by atoms with van der Waals surface area (Å²) in [5, 5.41) is 3.03. The third-order valence-electron chi connectivity index (χ3n) is 2.72. The molecule has 0 bridgehead atoms. The van der Waals surface area contributed by atoms with Gasteiger partial charge in [-0.2, -0.15) is 0 Å². The SMILES string of the molecule is CNc1ccc(CN(CCOC)CC(C)C)cn1. The zero-order chi connectivity index (χ0) is 13.4. The summed E-state index contributed by atoms with van der Waals surface area (Å²) in [4.78, 5) is 6.75. The molecule has 102 valence electrons. The average Bonchev–Trinajstić information content (AvgIpc) is 2.36. The van der Waals surface area contributed by atoms with Crippen LogP contribution in [0.25, 0.3) is 0 Å². The van der Waals surface area contributed by atoms with Crippen LogP contribution in [-0.4, -0.2) is 43.7 Å². The molecule has 0 spiro atoms. The van der Waals surface area contributed by atoms with Gasteiger partial charge in [0.25, 0.3) is 0 Å². The van der Waals surface area contributed by atoms with E-state index >= 15 is 0 Å². The molecule has 0 saturated heterocycles. The predicted molar refractivity (Wildman–Crippen MR) is 75.8 cm³/mol. The quantitative estimate of drug-likeness (QED) is 0.769. The van der Waals surface area contributed by atoms with Crippen LogP contribution in [0.4, 0.5) is 5.82 Å². The number of nitrogens with zero attached hydrogens (tertiary/aromatic N) is 2. The number of aromatic nitrogens is 1. The number of pyridine rings is 1. The first kappa shape index (κ1) is 14.9. The lowest BCUT2D eigenvalue weighted by Crippen LogP contribution is -2.30. The number of hydrogen-bond acceptors (Lipinski definition) is 4. The molecule has 1 aromatic heterocycles. The molecule has 4 heteroatoms. The van der Waals surface area contributed by atoms with Crippen molar-refractivity contribution in [3.63, 3.8) is 0 Å². The summed E-state index contributed by atoms with van der Waals surface area (Å²) in [6, 6.07) is 4.14. The first-order chi connectivity index (χ1) is 8.65. The number of nitrogens with one attached hydrogen (secondary N) is 1. The van der Waals surface area contributed by atoms with Gasteiger partial charge in [-0.25, -0.2) is 4.98 Å². The fourth-order valence-electron chi connectivity index (χ4n) is 1.90. The summed E-state index contributed by atoms with van der Waals surface area (Å²) in [6.07, 6.45) is 1.94. The van der Waals surface area contributed by atoms with Gasteiger partial charge in [-0.1, -0.05) is 19.9 Å². The number of ether oxygens (including phenoxy) is 1. The van der Waals surface area contributed by atoms with Crippen molar-refractivity contribution < 1.29 is 4.74 Å². The fraction of sp³-hybridized carbons (Fsp3) is 0.643. The summed E-state index contributed by atoms with van der Waals surface area (Å²) in [7, 11) is 3.63. The second kappa shape index (κ2) is 8.06. The van der Waals surface area contributed by atoms with Crippen molar-refractivity contribution in [1.82, 2.24) is 9.88 Å². The van der Waals surface area contributed by atoms with Crippen molar-refractivity contribution in [2.24, 2.45) is 5.92 Å². The molecule has 0 aliphatic heterocycles. The highest BCUT2D eigenvalue weighted by atomic mass is 16.5. The lowest BCUT2D eigenvalue weighted by atomic mass is 10.2. The summed E-state index contributed by atoms with van der Waals surface area (Å²) in [5.74, 6) is 1.57. The molecule has 1 heterocycles. The van der Waals surface area contributed by atoms with Gasteiger partial charge in [0.15, 0.2) is 0 Å². The fourth-order valence-corrected chi connectivity index (χ4v) is 1.90. The predicted octanol–water partition coefficient (Wildman–Crippen LogP) is 2.23. The van der Waals surface area contributed by atoms with Gasteiger partial charge in [-0.15, -0.1) is 0 Å². The Hall–Kier alpha value is -1.13. The van der Waals surface area contributed by atoms with Gasteiger partial charge < -0.3 is 10.1 Å². The Labute approximate surface area is 110 Å². The molecule has 4 nitrogen and oxygen atoms in total. The van der Waals surface area contributed by atoms with Crippen LogP contribution in [0.15, 0.2) is 18.3 Å². The van der Waals surface area contributed by atoms with Gasteiger partial charge in [-0.3, -0.25) is 4.90 Å². The van der Waals surface area contributed by atoms with Crippen molar-refractivity contribution in [2.45, 2.75) is 20.4 Å². The van der Waals surface area contributed by atoms with E-state index in [-0.39, 0.29) is 0 Å². The molecule has 0 saturated carbocycles. The minimum absolute atomic E-state index is 0.659. The van der Waals surface area contributed by atoms with E-state index in [9.17, 15) is 0 Å². The number of methoxy groups -OCH3 is 1. The van der Waals surface area contributed by atoms with Crippen LogP contribution < -0.4 is 5.32 Å². The highest BCUT2D eigenvalue weighted by Crippen LogP contribution is 2.09. The molecule has 1 aromatic rings. The minimum Gasteiger partial charge on any atom is -0.383 e. The standard InChI is InChI=1S/C14H25N3O/c1-12(2)10-17(7-8-18-4)11-13-5-6-14(15-3)16-9-13/h5-6,9,12H,7-8,10-11H2,1-4H3,(H,15,16). The summed E-state index contributed by atoms with van der Waals surface area (Å²) < 4.78 is 5.16. The Kier molecular flexibility index (Phi) is 6.68. The van der Waals surface area contributed by atoms with Gasteiger partial charge in [0.1, 0.15) is 5.82 Å². The molecular formula is C14H25N3O. The average molecular weight is 251 g/mol. The lowest BCUT2D eigenvalue weighted by Gasteiger charge is -2.23. The molecule has 18 heavy (non-hydrogen) atoms. The minimum atomic E-state index is 0.659. The van der Waals surface area contributed by atoms with E-state index in [4.69, 9.17) is 4.74 Å². The third-order valence-corrected chi connectivity index (χ3v) is 2.72. The third kappa shape index (κ3) is 5.47. The maximum Gasteiger partial charge on any atom is 0.125 e. The molecule has 0 radical (unpaired) electrons. The Balaban J connectivity index is 2.56. The molecule has 0 aliphatic rings. The van der Waals surface area contributed by atoms with Gasteiger partial charge >= 0.3 is 0 Å². The van der Waals surface area contributed by atoms with Crippen LogP contribution in [0.2, 0.25) is 0 Å². The normalized spacial score (nSPS) is 11.2. The van der Waals surface area contributed by atoms with Gasteiger partial charge in [0, 0.05) is 40.0 Å². The van der Waals surface area contributed by atoms with E-state index in [1.165, 1.54) is 5.56 Å². The Morgan fingerprint density at radius 2 is 2.17 bits per heavy atom. The van der Waals surface area contributed by atoms with E-state index in [0.717, 1.165) is 32.1 Å². The smallest absolute Gasteiger partial charge is 0.125 e. The lowest BCUT2D eigenvalue weighted by molar-refractivity contribution is 0.136. The zero-order valence-electron chi connectivity index (χ0n) is 11.9. The zero-order valence-corrected chi connectivity index (χ0v) is 11.9. The first-order valence-corrected chi connectivity index (χ1v) is 6.49. The molecule has 1 rings (SSSR count). The van der Waals surface area contributed by atoms with Gasteiger partial charge in [-0.05, 0) is 17.5 Å². The van der Waals surface area contributed by atoms with Crippen LogP contribution in [0.3, 0.4) is 0 Å². The Morgan fingerprint density at radius 3 is 2.67 bits per heavy atom. The van der Waals surface area contributed by atoms with E-state index in [1.807, 2.05) is 19.3 Å². The summed E-state index contributed by atoms with van der Waals surface area (Å²) in [6.45, 7) is 8.22.